The fraction of sp³-hybridized carbons (Fsp3) is 0.423. The van der Waals surface area contributed by atoms with Crippen LogP contribution in [-0.4, -0.2) is 49.8 Å². The van der Waals surface area contributed by atoms with Crippen molar-refractivity contribution in [2.45, 2.75) is 46.0 Å². The summed E-state index contributed by atoms with van der Waals surface area (Å²) in [6.07, 6.45) is 3.12. The molecule has 2 aromatic carbocycles. The van der Waals surface area contributed by atoms with Crippen LogP contribution in [0.15, 0.2) is 30.3 Å². The first-order valence-corrected chi connectivity index (χ1v) is 11.3. The Balaban J connectivity index is 1.76. The predicted octanol–water partition coefficient (Wildman–Crippen LogP) is 4.55. The molecule has 7 heteroatoms. The number of benzene rings is 2. The van der Waals surface area contributed by atoms with Crippen molar-refractivity contribution in [1.29, 1.82) is 0 Å². The summed E-state index contributed by atoms with van der Waals surface area (Å²) < 4.78 is 10.7. The fourth-order valence-electron chi connectivity index (χ4n) is 3.93. The molecule has 1 saturated heterocycles. The lowest BCUT2D eigenvalue weighted by atomic mass is 10.0. The number of aryl methyl sites for hydroxylation is 2. The summed E-state index contributed by atoms with van der Waals surface area (Å²) in [5.41, 5.74) is 3.45. The van der Waals surface area contributed by atoms with Crippen molar-refractivity contribution >= 4 is 23.3 Å². The lowest BCUT2D eigenvalue weighted by Crippen LogP contribution is -2.36. The Morgan fingerprint density at radius 1 is 0.879 bits per heavy atom. The average Bonchev–Trinajstić information content (AvgIpc) is 2.84. The Bertz CT molecular complexity index is 1040. The zero-order valence-electron chi connectivity index (χ0n) is 19.8. The molecule has 0 aliphatic carbocycles. The smallest absolute Gasteiger partial charge is 0.256 e. The highest BCUT2D eigenvalue weighted by Crippen LogP contribution is 2.34. The molecule has 176 valence electrons. The molecule has 0 radical (unpaired) electrons. The summed E-state index contributed by atoms with van der Waals surface area (Å²) in [7, 11) is 3.00. The SMILES string of the molecule is COc1cc(NC(=O)CCC(=O)c2ccc(C)c(C)c2)c(C(=O)N2CCCCC2)cc1OC. The van der Waals surface area contributed by atoms with Gasteiger partial charge < -0.3 is 19.7 Å². The van der Waals surface area contributed by atoms with Crippen LogP contribution >= 0.6 is 0 Å². The maximum absolute atomic E-state index is 13.2. The average molecular weight is 453 g/mol. The molecule has 0 aromatic heterocycles. The fourth-order valence-corrected chi connectivity index (χ4v) is 3.93. The van der Waals surface area contributed by atoms with Crippen molar-refractivity contribution in [1.82, 2.24) is 4.90 Å². The van der Waals surface area contributed by atoms with Gasteiger partial charge in [-0.25, -0.2) is 0 Å². The largest absolute Gasteiger partial charge is 0.493 e. The van der Waals surface area contributed by atoms with E-state index in [2.05, 4.69) is 5.32 Å². The third-order valence-corrected chi connectivity index (χ3v) is 6.08. The molecule has 2 amide bonds. The van der Waals surface area contributed by atoms with Crippen LogP contribution in [0, 0.1) is 13.8 Å². The predicted molar refractivity (Wildman–Crippen MR) is 127 cm³/mol. The van der Waals surface area contributed by atoms with E-state index >= 15 is 0 Å². The molecule has 1 aliphatic rings. The summed E-state index contributed by atoms with van der Waals surface area (Å²) in [6.45, 7) is 5.32. The number of nitrogens with one attached hydrogen (secondary N) is 1. The van der Waals surface area contributed by atoms with E-state index in [0.717, 1.165) is 30.4 Å². The second-order valence-corrected chi connectivity index (χ2v) is 8.38. The van der Waals surface area contributed by atoms with E-state index in [1.54, 1.807) is 23.1 Å². The lowest BCUT2D eigenvalue weighted by molar-refractivity contribution is -0.116. The maximum Gasteiger partial charge on any atom is 0.256 e. The third-order valence-electron chi connectivity index (χ3n) is 6.08. The van der Waals surface area contributed by atoms with E-state index in [-0.39, 0.29) is 30.4 Å². The van der Waals surface area contributed by atoms with Crippen LogP contribution in [-0.2, 0) is 4.79 Å². The molecule has 2 aromatic rings. The number of nitrogens with zero attached hydrogens (tertiary/aromatic N) is 1. The molecule has 7 nitrogen and oxygen atoms in total. The first-order valence-electron chi connectivity index (χ1n) is 11.3. The number of likely N-dealkylation sites (tertiary alicyclic amines) is 1. The maximum atomic E-state index is 13.2. The van der Waals surface area contributed by atoms with Crippen LogP contribution in [0.4, 0.5) is 5.69 Å². The highest BCUT2D eigenvalue weighted by molar-refractivity contribution is 6.05. The summed E-state index contributed by atoms with van der Waals surface area (Å²) in [5.74, 6) is 0.240. The molecule has 0 bridgehead atoms. The summed E-state index contributed by atoms with van der Waals surface area (Å²) in [6, 6.07) is 8.74. The molecule has 33 heavy (non-hydrogen) atoms. The van der Waals surface area contributed by atoms with Gasteiger partial charge in [-0.2, -0.15) is 0 Å². The summed E-state index contributed by atoms with van der Waals surface area (Å²) >= 11 is 0. The number of carbonyl (C=O) groups is 3. The number of methoxy groups -OCH3 is 2. The van der Waals surface area contributed by atoms with Gasteiger partial charge in [-0.3, -0.25) is 14.4 Å². The van der Waals surface area contributed by atoms with Crippen molar-refractivity contribution in [2.24, 2.45) is 0 Å². The van der Waals surface area contributed by atoms with Crippen LogP contribution in [0.2, 0.25) is 0 Å². The molecule has 0 saturated carbocycles. The first-order chi connectivity index (χ1) is 15.8. The highest BCUT2D eigenvalue weighted by atomic mass is 16.5. The Labute approximate surface area is 195 Å². The molecule has 1 heterocycles. The molecular formula is C26H32N2O5. The Morgan fingerprint density at radius 3 is 2.18 bits per heavy atom. The minimum Gasteiger partial charge on any atom is -0.493 e. The monoisotopic (exact) mass is 452 g/mol. The summed E-state index contributed by atoms with van der Waals surface area (Å²) in [5, 5.41) is 2.81. The van der Waals surface area contributed by atoms with Gasteiger partial charge in [-0.15, -0.1) is 0 Å². The molecular weight excluding hydrogens is 420 g/mol. The zero-order chi connectivity index (χ0) is 24.0. The first kappa shape index (κ1) is 24.3. The number of rotatable bonds is 8. The van der Waals surface area contributed by atoms with E-state index < -0.39 is 0 Å². The number of carbonyl (C=O) groups excluding carboxylic acids is 3. The molecule has 0 unspecified atom stereocenters. The second-order valence-electron chi connectivity index (χ2n) is 8.38. The van der Waals surface area contributed by atoms with Gasteiger partial charge in [0.1, 0.15) is 0 Å². The normalized spacial score (nSPS) is 13.4. The van der Waals surface area contributed by atoms with Crippen LogP contribution in [0.3, 0.4) is 0 Å². The quantitative estimate of drug-likeness (QED) is 0.594. The van der Waals surface area contributed by atoms with Crippen LogP contribution in [0.25, 0.3) is 0 Å². The topological polar surface area (TPSA) is 84.9 Å². The van der Waals surface area contributed by atoms with Crippen molar-refractivity contribution in [3.05, 3.63) is 52.6 Å². The van der Waals surface area contributed by atoms with Crippen molar-refractivity contribution < 1.29 is 23.9 Å². The number of hydrogen-bond acceptors (Lipinski definition) is 5. The van der Waals surface area contributed by atoms with Gasteiger partial charge in [0.05, 0.1) is 25.5 Å². The zero-order valence-corrected chi connectivity index (χ0v) is 19.8. The molecule has 1 aliphatic heterocycles. The van der Waals surface area contributed by atoms with Gasteiger partial charge in [0.2, 0.25) is 5.91 Å². The van der Waals surface area contributed by atoms with Gasteiger partial charge in [0.15, 0.2) is 17.3 Å². The molecule has 0 spiro atoms. The van der Waals surface area contributed by atoms with E-state index in [4.69, 9.17) is 9.47 Å². The van der Waals surface area contributed by atoms with Gasteiger partial charge >= 0.3 is 0 Å². The van der Waals surface area contributed by atoms with Crippen molar-refractivity contribution in [3.63, 3.8) is 0 Å². The lowest BCUT2D eigenvalue weighted by Gasteiger charge is -2.28. The Morgan fingerprint density at radius 2 is 1.55 bits per heavy atom. The van der Waals surface area contributed by atoms with Crippen molar-refractivity contribution in [2.75, 3.05) is 32.6 Å². The van der Waals surface area contributed by atoms with E-state index in [1.807, 2.05) is 26.0 Å². The van der Waals surface area contributed by atoms with E-state index in [1.165, 1.54) is 14.2 Å². The number of anilines is 1. The molecule has 1 fully saturated rings. The van der Waals surface area contributed by atoms with Gasteiger partial charge in [-0.1, -0.05) is 12.1 Å². The number of piperidine rings is 1. The highest BCUT2D eigenvalue weighted by Gasteiger charge is 2.24. The summed E-state index contributed by atoms with van der Waals surface area (Å²) in [4.78, 5) is 40.3. The number of hydrogen-bond donors (Lipinski definition) is 1. The third kappa shape index (κ3) is 5.92. The minimum atomic E-state index is -0.341. The number of Topliss-reactive ketones (excluding diaryl/α,β-unsaturated/α-hetero) is 1. The molecule has 0 atom stereocenters. The van der Waals surface area contributed by atoms with Gasteiger partial charge in [0, 0.05) is 37.6 Å². The van der Waals surface area contributed by atoms with E-state index in [9.17, 15) is 14.4 Å². The van der Waals surface area contributed by atoms with Gasteiger partial charge in [0.25, 0.3) is 5.91 Å². The Hall–Kier alpha value is -3.35. The van der Waals surface area contributed by atoms with Crippen LogP contribution in [0.5, 0.6) is 11.5 Å². The van der Waals surface area contributed by atoms with Gasteiger partial charge in [-0.05, 0) is 56.4 Å². The minimum absolute atomic E-state index is 0.0114. The number of amides is 2. The van der Waals surface area contributed by atoms with Crippen molar-refractivity contribution in [3.8, 4) is 11.5 Å². The number of ether oxygens (including phenoxy) is 2. The van der Waals surface area contributed by atoms with Crippen LogP contribution in [0.1, 0.15) is 63.9 Å². The standard InChI is InChI=1S/C26H32N2O5/c1-17-8-9-19(14-18(17)2)22(29)10-11-25(30)27-21-16-24(33-4)23(32-3)15-20(21)26(31)28-12-6-5-7-13-28/h8-9,14-16H,5-7,10-13H2,1-4H3,(H,27,30). The molecule has 3 rings (SSSR count). The number of ketones is 1. The van der Waals surface area contributed by atoms with Crippen LogP contribution < -0.4 is 14.8 Å². The second kappa shape index (κ2) is 11.0. The molecule has 1 N–H and O–H groups in total. The Kier molecular flexibility index (Phi) is 8.09. The van der Waals surface area contributed by atoms with E-state index in [0.29, 0.717) is 41.4 Å².